The van der Waals surface area contributed by atoms with E-state index in [9.17, 15) is 4.79 Å². The summed E-state index contributed by atoms with van der Waals surface area (Å²) in [6.45, 7) is 4.37. The number of aromatic nitrogens is 3. The Balaban J connectivity index is 2.09. The highest BCUT2D eigenvalue weighted by Crippen LogP contribution is 2.28. The molecule has 0 aliphatic rings. The van der Waals surface area contributed by atoms with Gasteiger partial charge in [0, 0.05) is 32.4 Å². The summed E-state index contributed by atoms with van der Waals surface area (Å²) < 4.78 is 5.77. The number of amides is 1. The highest BCUT2D eigenvalue weighted by Gasteiger charge is 2.33. The molecule has 0 aliphatic heterocycles. The number of carbonyl (C=O) groups is 1. The molecule has 1 aromatic carbocycles. The van der Waals surface area contributed by atoms with Crippen molar-refractivity contribution in [3.05, 3.63) is 30.1 Å². The van der Waals surface area contributed by atoms with E-state index < -0.39 is 5.41 Å². The maximum absolute atomic E-state index is 12.7. The van der Waals surface area contributed by atoms with Crippen molar-refractivity contribution in [1.82, 2.24) is 15.0 Å². The van der Waals surface area contributed by atoms with Crippen molar-refractivity contribution >= 4 is 23.5 Å². The average molecular weight is 387 g/mol. The molecule has 0 spiro atoms. The molecule has 9 heteroatoms. The zero-order valence-electron chi connectivity index (χ0n) is 16.9. The Morgan fingerprint density at radius 2 is 1.93 bits per heavy atom. The molecule has 5 N–H and O–H groups in total. The van der Waals surface area contributed by atoms with E-state index in [0.717, 1.165) is 0 Å². The molecule has 28 heavy (non-hydrogen) atoms. The molecule has 152 valence electrons. The lowest BCUT2D eigenvalue weighted by molar-refractivity contribution is -0.125. The quantitative estimate of drug-likeness (QED) is 0.593. The van der Waals surface area contributed by atoms with Crippen LogP contribution in [-0.2, 0) is 11.4 Å². The van der Waals surface area contributed by atoms with Crippen LogP contribution in [0.25, 0.3) is 0 Å². The van der Waals surface area contributed by atoms with Crippen molar-refractivity contribution in [2.24, 2.45) is 11.1 Å². The number of nitrogens with zero attached hydrogens (tertiary/aromatic N) is 4. The van der Waals surface area contributed by atoms with Crippen LogP contribution in [0.4, 0.5) is 17.6 Å². The summed E-state index contributed by atoms with van der Waals surface area (Å²) in [7, 11) is 3.64. The van der Waals surface area contributed by atoms with Crippen LogP contribution in [0.1, 0.15) is 32.5 Å². The fourth-order valence-corrected chi connectivity index (χ4v) is 2.72. The lowest BCUT2D eigenvalue weighted by atomic mass is 9.81. The molecule has 1 aromatic heterocycles. The monoisotopic (exact) mass is 387 g/mol. The van der Waals surface area contributed by atoms with Gasteiger partial charge in [0.15, 0.2) is 5.82 Å². The second-order valence-electron chi connectivity index (χ2n) is 6.77. The molecule has 0 unspecified atom stereocenters. The molecule has 1 amide bonds. The summed E-state index contributed by atoms with van der Waals surface area (Å²) in [6, 6.07) is 7.16. The Kier molecular flexibility index (Phi) is 7.11. The zero-order valence-corrected chi connectivity index (χ0v) is 16.9. The van der Waals surface area contributed by atoms with Gasteiger partial charge in [0.1, 0.15) is 12.4 Å². The van der Waals surface area contributed by atoms with Crippen molar-refractivity contribution in [2.75, 3.05) is 36.6 Å². The Bertz CT molecular complexity index is 798. The summed E-state index contributed by atoms with van der Waals surface area (Å²) in [5.74, 6) is 1.51. The highest BCUT2D eigenvalue weighted by molar-refractivity contribution is 5.95. The number of nitrogens with two attached hydrogens (primary N) is 2. The third-order valence-electron chi connectivity index (χ3n) is 4.77. The number of benzene rings is 1. The maximum atomic E-state index is 12.7. The molecule has 0 radical (unpaired) electrons. The first kappa shape index (κ1) is 21.4. The lowest BCUT2D eigenvalue weighted by Crippen LogP contribution is -2.41. The van der Waals surface area contributed by atoms with Crippen LogP contribution in [-0.4, -0.2) is 41.5 Å². The van der Waals surface area contributed by atoms with E-state index in [1.165, 1.54) is 0 Å². The summed E-state index contributed by atoms with van der Waals surface area (Å²) >= 11 is 0. The summed E-state index contributed by atoms with van der Waals surface area (Å²) in [4.78, 5) is 26.9. The first-order chi connectivity index (χ1) is 13.3. The van der Waals surface area contributed by atoms with Gasteiger partial charge in [-0.15, -0.1) is 0 Å². The first-order valence-electron chi connectivity index (χ1n) is 9.25. The van der Waals surface area contributed by atoms with E-state index in [1.54, 1.807) is 23.1 Å². The minimum absolute atomic E-state index is 0.0852. The largest absolute Gasteiger partial charge is 0.486 e. The van der Waals surface area contributed by atoms with Gasteiger partial charge in [-0.3, -0.25) is 4.79 Å². The van der Waals surface area contributed by atoms with Crippen LogP contribution in [0.3, 0.4) is 0 Å². The number of nitrogen functional groups attached to an aromatic ring is 1. The number of nitrogens with one attached hydrogen (secondary N) is 1. The summed E-state index contributed by atoms with van der Waals surface area (Å²) in [5.41, 5.74) is 11.7. The van der Waals surface area contributed by atoms with Gasteiger partial charge in [-0.2, -0.15) is 15.0 Å². The van der Waals surface area contributed by atoms with Crippen molar-refractivity contribution < 1.29 is 9.53 Å². The maximum Gasteiger partial charge on any atom is 0.231 e. The van der Waals surface area contributed by atoms with Crippen molar-refractivity contribution in [3.63, 3.8) is 0 Å². The molecule has 0 saturated carbocycles. The molecule has 0 aliphatic carbocycles. The van der Waals surface area contributed by atoms with E-state index in [2.05, 4.69) is 20.3 Å². The van der Waals surface area contributed by atoms with Gasteiger partial charge in [-0.1, -0.05) is 19.9 Å². The van der Waals surface area contributed by atoms with Gasteiger partial charge < -0.3 is 26.4 Å². The Morgan fingerprint density at radius 1 is 1.21 bits per heavy atom. The van der Waals surface area contributed by atoms with Crippen LogP contribution in [0.15, 0.2) is 24.3 Å². The SMILES string of the molecule is CCC(CC)(CN)C(=O)Nc1cccc(OCc2nc(N)nc(N(C)C)n2)c1. The van der Waals surface area contributed by atoms with E-state index in [1.807, 2.05) is 34.0 Å². The van der Waals surface area contributed by atoms with Crippen molar-refractivity contribution in [3.8, 4) is 5.75 Å². The van der Waals surface area contributed by atoms with Crippen LogP contribution < -0.4 is 26.4 Å². The molecule has 0 atom stereocenters. The van der Waals surface area contributed by atoms with E-state index in [-0.39, 0.29) is 18.5 Å². The lowest BCUT2D eigenvalue weighted by Gasteiger charge is -2.28. The minimum Gasteiger partial charge on any atom is -0.486 e. The van der Waals surface area contributed by atoms with Crippen LogP contribution >= 0.6 is 0 Å². The number of anilines is 3. The molecule has 1 heterocycles. The molecule has 0 saturated heterocycles. The number of rotatable bonds is 9. The number of hydrogen-bond acceptors (Lipinski definition) is 8. The third kappa shape index (κ3) is 5.07. The first-order valence-corrected chi connectivity index (χ1v) is 9.25. The van der Waals surface area contributed by atoms with Crippen LogP contribution in [0.5, 0.6) is 5.75 Å². The highest BCUT2D eigenvalue weighted by atomic mass is 16.5. The van der Waals surface area contributed by atoms with Crippen LogP contribution in [0, 0.1) is 5.41 Å². The fourth-order valence-electron chi connectivity index (χ4n) is 2.72. The van der Waals surface area contributed by atoms with Crippen molar-refractivity contribution in [1.29, 1.82) is 0 Å². The average Bonchev–Trinajstić information content (AvgIpc) is 2.68. The number of carbonyl (C=O) groups excluding carboxylic acids is 1. The van der Waals surface area contributed by atoms with Gasteiger partial charge in [0.2, 0.25) is 17.8 Å². The topological polar surface area (TPSA) is 132 Å². The fraction of sp³-hybridized carbons (Fsp3) is 0.474. The molecule has 2 aromatic rings. The Morgan fingerprint density at radius 3 is 2.54 bits per heavy atom. The third-order valence-corrected chi connectivity index (χ3v) is 4.77. The standard InChI is InChI=1S/C19H29N7O2/c1-5-19(6-2,12-20)16(27)22-13-8-7-9-14(10-13)28-11-15-23-17(21)25-18(24-15)26(3)4/h7-10H,5-6,11-12,20H2,1-4H3,(H,22,27)(H2,21,23,24,25). The molecule has 0 fully saturated rings. The second kappa shape index (κ2) is 9.32. The minimum atomic E-state index is -0.568. The zero-order chi connectivity index (χ0) is 20.7. The molecule has 0 bridgehead atoms. The second-order valence-corrected chi connectivity index (χ2v) is 6.77. The van der Waals surface area contributed by atoms with Gasteiger partial charge >= 0.3 is 0 Å². The van der Waals surface area contributed by atoms with Gasteiger partial charge in [-0.05, 0) is 25.0 Å². The predicted octanol–water partition coefficient (Wildman–Crippen LogP) is 1.80. The predicted molar refractivity (Wildman–Crippen MR) is 110 cm³/mol. The van der Waals surface area contributed by atoms with E-state index >= 15 is 0 Å². The number of hydrogen-bond donors (Lipinski definition) is 3. The molecule has 9 nitrogen and oxygen atoms in total. The van der Waals surface area contributed by atoms with E-state index in [0.29, 0.717) is 42.6 Å². The van der Waals surface area contributed by atoms with Crippen LogP contribution in [0.2, 0.25) is 0 Å². The summed E-state index contributed by atoms with van der Waals surface area (Å²) in [5, 5.41) is 2.94. The van der Waals surface area contributed by atoms with E-state index in [4.69, 9.17) is 16.2 Å². The molecule has 2 rings (SSSR count). The summed E-state index contributed by atoms with van der Waals surface area (Å²) in [6.07, 6.45) is 1.36. The molecular weight excluding hydrogens is 358 g/mol. The van der Waals surface area contributed by atoms with Gasteiger partial charge in [-0.25, -0.2) is 0 Å². The van der Waals surface area contributed by atoms with Gasteiger partial charge in [0.25, 0.3) is 0 Å². The molecular formula is C19H29N7O2. The Labute approximate surface area is 165 Å². The Hall–Kier alpha value is -2.94. The van der Waals surface area contributed by atoms with Crippen molar-refractivity contribution in [2.45, 2.75) is 33.3 Å². The van der Waals surface area contributed by atoms with Gasteiger partial charge in [0.05, 0.1) is 5.41 Å². The smallest absolute Gasteiger partial charge is 0.231 e. The normalized spacial score (nSPS) is 11.2. The number of ether oxygens (including phenoxy) is 1.